The lowest BCUT2D eigenvalue weighted by molar-refractivity contribution is 0.182. The molecule has 2 amide bonds. The highest BCUT2D eigenvalue weighted by Crippen LogP contribution is 2.31. The Hall–Kier alpha value is -3.36. The zero-order chi connectivity index (χ0) is 19.0. The molecule has 0 unspecified atom stereocenters. The van der Waals surface area contributed by atoms with Crippen LogP contribution in [0.2, 0.25) is 0 Å². The van der Waals surface area contributed by atoms with Gasteiger partial charge in [0.1, 0.15) is 0 Å². The molecule has 0 aliphatic carbocycles. The molecule has 4 heterocycles. The van der Waals surface area contributed by atoms with E-state index in [1.54, 1.807) is 30.3 Å². The molecule has 27 heavy (non-hydrogen) atoms. The second-order valence-electron chi connectivity index (χ2n) is 6.38. The third-order valence-corrected chi connectivity index (χ3v) is 4.55. The summed E-state index contributed by atoms with van der Waals surface area (Å²) in [4.78, 5) is 26.6. The molecule has 0 saturated carbocycles. The van der Waals surface area contributed by atoms with Crippen LogP contribution in [-0.4, -0.2) is 37.1 Å². The topological polar surface area (TPSA) is 97.0 Å². The second kappa shape index (κ2) is 6.75. The minimum Gasteiger partial charge on any atom is -0.352 e. The summed E-state index contributed by atoms with van der Waals surface area (Å²) in [5, 5.41) is 6.73. The van der Waals surface area contributed by atoms with Crippen molar-refractivity contribution in [2.24, 2.45) is 0 Å². The number of fused-ring (bicyclic) bond motifs is 1. The highest BCUT2D eigenvalue weighted by Gasteiger charge is 2.33. The predicted molar refractivity (Wildman–Crippen MR) is 94.2 cm³/mol. The standard InChI is InChI=1S/C18H17FN6O2/c1-10-8-14-12(16(27-24-14)17-21-5-3-6-22-17)9-25(10)18(26)23-13-4-7-20-11(2)15(13)19/h3-7,10H,8-9H2,1-2H3,(H,20,23,26)/t10-/m0/s1. The molecule has 1 atom stereocenters. The van der Waals surface area contributed by atoms with Crippen LogP contribution >= 0.6 is 0 Å². The number of nitrogens with zero attached hydrogens (tertiary/aromatic N) is 5. The number of amides is 2. The van der Waals surface area contributed by atoms with Crippen LogP contribution in [-0.2, 0) is 13.0 Å². The molecule has 1 N–H and O–H groups in total. The Balaban J connectivity index is 1.60. The van der Waals surface area contributed by atoms with Crippen LogP contribution < -0.4 is 5.32 Å². The van der Waals surface area contributed by atoms with Gasteiger partial charge in [-0.2, -0.15) is 0 Å². The number of aromatic nitrogens is 4. The molecule has 3 aromatic heterocycles. The number of anilines is 1. The molecular weight excluding hydrogens is 351 g/mol. The molecule has 0 spiro atoms. The van der Waals surface area contributed by atoms with Gasteiger partial charge in [-0.25, -0.2) is 19.2 Å². The maximum Gasteiger partial charge on any atom is 0.322 e. The first kappa shape index (κ1) is 17.1. The molecule has 1 aliphatic heterocycles. The van der Waals surface area contributed by atoms with Crippen molar-refractivity contribution in [2.45, 2.75) is 32.9 Å². The van der Waals surface area contributed by atoms with Crippen LogP contribution in [0.15, 0.2) is 35.2 Å². The highest BCUT2D eigenvalue weighted by atomic mass is 19.1. The molecule has 0 aromatic carbocycles. The summed E-state index contributed by atoms with van der Waals surface area (Å²) in [6, 6.07) is 2.61. The van der Waals surface area contributed by atoms with Crippen molar-refractivity contribution in [3.63, 3.8) is 0 Å². The number of hydrogen-bond acceptors (Lipinski definition) is 6. The van der Waals surface area contributed by atoms with Crippen molar-refractivity contribution in [3.8, 4) is 11.6 Å². The number of rotatable bonds is 2. The van der Waals surface area contributed by atoms with Gasteiger partial charge in [0, 0.05) is 36.6 Å². The number of aryl methyl sites for hydroxylation is 1. The molecule has 3 aromatic rings. The fraction of sp³-hybridized carbons (Fsp3) is 0.278. The molecular formula is C18H17FN6O2. The monoisotopic (exact) mass is 368 g/mol. The summed E-state index contributed by atoms with van der Waals surface area (Å²) in [7, 11) is 0. The maximum atomic E-state index is 14.2. The fourth-order valence-electron chi connectivity index (χ4n) is 3.08. The van der Waals surface area contributed by atoms with Gasteiger partial charge in [-0.15, -0.1) is 0 Å². The zero-order valence-corrected chi connectivity index (χ0v) is 14.8. The van der Waals surface area contributed by atoms with Crippen LogP contribution in [0.4, 0.5) is 14.9 Å². The van der Waals surface area contributed by atoms with E-state index in [1.807, 2.05) is 6.92 Å². The van der Waals surface area contributed by atoms with Crippen molar-refractivity contribution in [3.05, 3.63) is 53.5 Å². The Morgan fingerprint density at radius 1 is 1.30 bits per heavy atom. The minimum atomic E-state index is -0.542. The van der Waals surface area contributed by atoms with E-state index in [4.69, 9.17) is 4.52 Å². The lowest BCUT2D eigenvalue weighted by Gasteiger charge is -2.32. The molecule has 138 valence electrons. The first-order valence-electron chi connectivity index (χ1n) is 8.48. The molecule has 1 aliphatic rings. The summed E-state index contributed by atoms with van der Waals surface area (Å²) >= 11 is 0. The van der Waals surface area contributed by atoms with Crippen LogP contribution in [0.3, 0.4) is 0 Å². The van der Waals surface area contributed by atoms with Gasteiger partial charge in [0.05, 0.1) is 23.6 Å². The number of halogens is 1. The SMILES string of the molecule is Cc1nccc(NC(=O)N2Cc3c(noc3-c3ncccn3)C[C@@H]2C)c1F. The quantitative estimate of drug-likeness (QED) is 0.747. The van der Waals surface area contributed by atoms with Gasteiger partial charge < -0.3 is 14.7 Å². The Morgan fingerprint density at radius 2 is 2.07 bits per heavy atom. The van der Waals surface area contributed by atoms with Gasteiger partial charge in [-0.3, -0.25) is 4.98 Å². The van der Waals surface area contributed by atoms with Crippen LogP contribution in [0.5, 0.6) is 0 Å². The average Bonchev–Trinajstić information content (AvgIpc) is 3.08. The van der Waals surface area contributed by atoms with E-state index in [2.05, 4.69) is 25.4 Å². The van der Waals surface area contributed by atoms with Gasteiger partial charge in [-0.1, -0.05) is 5.16 Å². The van der Waals surface area contributed by atoms with E-state index in [9.17, 15) is 9.18 Å². The lowest BCUT2D eigenvalue weighted by atomic mass is 10.00. The smallest absolute Gasteiger partial charge is 0.322 e. The Morgan fingerprint density at radius 3 is 2.85 bits per heavy atom. The highest BCUT2D eigenvalue weighted by molar-refractivity contribution is 5.90. The number of carbonyl (C=O) groups excluding carboxylic acids is 1. The largest absolute Gasteiger partial charge is 0.352 e. The molecule has 0 saturated heterocycles. The van der Waals surface area contributed by atoms with Crippen molar-refractivity contribution in [1.29, 1.82) is 0 Å². The van der Waals surface area contributed by atoms with Crippen LogP contribution in [0, 0.1) is 12.7 Å². The van der Waals surface area contributed by atoms with Crippen molar-refractivity contribution < 1.29 is 13.7 Å². The molecule has 0 bridgehead atoms. The molecule has 0 radical (unpaired) electrons. The predicted octanol–water partition coefficient (Wildman–Crippen LogP) is 2.95. The van der Waals surface area contributed by atoms with Gasteiger partial charge in [-0.05, 0) is 26.0 Å². The van der Waals surface area contributed by atoms with Crippen molar-refractivity contribution in [1.82, 2.24) is 25.0 Å². The number of pyridine rings is 1. The van der Waals surface area contributed by atoms with E-state index in [-0.39, 0.29) is 24.0 Å². The van der Waals surface area contributed by atoms with Gasteiger partial charge in [0.2, 0.25) is 5.76 Å². The zero-order valence-electron chi connectivity index (χ0n) is 14.8. The van der Waals surface area contributed by atoms with E-state index in [0.29, 0.717) is 18.0 Å². The third kappa shape index (κ3) is 3.12. The fourth-order valence-corrected chi connectivity index (χ4v) is 3.08. The molecule has 0 fully saturated rings. The summed E-state index contributed by atoms with van der Waals surface area (Å²) in [6.07, 6.45) is 5.21. The van der Waals surface area contributed by atoms with Gasteiger partial charge >= 0.3 is 6.03 Å². The number of nitrogens with one attached hydrogen (secondary N) is 1. The van der Waals surface area contributed by atoms with E-state index in [0.717, 1.165) is 11.3 Å². The van der Waals surface area contributed by atoms with Crippen LogP contribution in [0.25, 0.3) is 11.6 Å². The van der Waals surface area contributed by atoms with Gasteiger partial charge in [0.15, 0.2) is 11.6 Å². The summed E-state index contributed by atoms with van der Waals surface area (Å²) in [5.74, 6) is 0.317. The minimum absolute atomic E-state index is 0.0995. The lowest BCUT2D eigenvalue weighted by Crippen LogP contribution is -2.45. The Kier molecular flexibility index (Phi) is 4.27. The summed E-state index contributed by atoms with van der Waals surface area (Å²) in [5.41, 5.74) is 1.87. The molecule has 8 nitrogen and oxygen atoms in total. The first-order valence-corrected chi connectivity index (χ1v) is 8.48. The van der Waals surface area contributed by atoms with Crippen molar-refractivity contribution >= 4 is 11.7 Å². The third-order valence-electron chi connectivity index (χ3n) is 4.55. The number of urea groups is 1. The van der Waals surface area contributed by atoms with Gasteiger partial charge in [0.25, 0.3) is 0 Å². The van der Waals surface area contributed by atoms with E-state index < -0.39 is 11.8 Å². The first-order chi connectivity index (χ1) is 13.0. The number of hydrogen-bond donors (Lipinski definition) is 1. The van der Waals surface area contributed by atoms with Crippen LogP contribution in [0.1, 0.15) is 23.9 Å². The normalized spacial score (nSPS) is 16.1. The van der Waals surface area contributed by atoms with E-state index >= 15 is 0 Å². The Bertz CT molecular complexity index is 991. The molecule has 4 rings (SSSR count). The summed E-state index contributed by atoms with van der Waals surface area (Å²) in [6.45, 7) is 3.72. The summed E-state index contributed by atoms with van der Waals surface area (Å²) < 4.78 is 19.6. The molecule has 9 heteroatoms. The Labute approximate surface area is 154 Å². The number of carbonyl (C=O) groups is 1. The average molecular weight is 368 g/mol. The van der Waals surface area contributed by atoms with Crippen molar-refractivity contribution in [2.75, 3.05) is 5.32 Å². The second-order valence-corrected chi connectivity index (χ2v) is 6.38. The van der Waals surface area contributed by atoms with E-state index in [1.165, 1.54) is 12.3 Å². The maximum absolute atomic E-state index is 14.2.